The van der Waals surface area contributed by atoms with Gasteiger partial charge in [0.1, 0.15) is 0 Å². The molecule has 0 saturated heterocycles. The Hall–Kier alpha value is -1.27. The topological polar surface area (TPSA) is 47.3 Å². The fourth-order valence-electron chi connectivity index (χ4n) is 1.57. The highest BCUT2D eigenvalue weighted by molar-refractivity contribution is 9.11. The molecule has 0 saturated carbocycles. The zero-order valence-corrected chi connectivity index (χ0v) is 13.2. The molecule has 0 aromatic heterocycles. The molecule has 0 radical (unpaired) electrons. The molecule has 6 heteroatoms. The predicted octanol–water partition coefficient (Wildman–Crippen LogP) is 4.69. The van der Waals surface area contributed by atoms with Crippen LogP contribution in [0.25, 0.3) is 0 Å². The van der Waals surface area contributed by atoms with Gasteiger partial charge in [-0.05, 0) is 34.1 Å². The molecule has 0 atom stereocenters. The molecule has 19 heavy (non-hydrogen) atoms. The van der Waals surface area contributed by atoms with Crippen molar-refractivity contribution in [2.24, 2.45) is 0 Å². The molecule has 2 aromatic carbocycles. The van der Waals surface area contributed by atoms with E-state index in [1.165, 1.54) is 19.2 Å². The summed E-state index contributed by atoms with van der Waals surface area (Å²) in [6.45, 7) is 0. The summed E-state index contributed by atoms with van der Waals surface area (Å²) in [7, 11) is 1.41. The van der Waals surface area contributed by atoms with Gasteiger partial charge in [-0.2, -0.15) is 0 Å². The molecule has 0 aliphatic heterocycles. The lowest BCUT2D eigenvalue weighted by Crippen LogP contribution is -1.99. The van der Waals surface area contributed by atoms with Crippen LogP contribution < -0.4 is 15.8 Å². The first-order valence-electron chi connectivity index (χ1n) is 5.36. The third-order valence-corrected chi connectivity index (χ3v) is 3.67. The van der Waals surface area contributed by atoms with Gasteiger partial charge in [-0.3, -0.25) is 0 Å². The molecule has 2 rings (SSSR count). The molecule has 0 spiro atoms. The molecule has 0 aliphatic rings. The van der Waals surface area contributed by atoms with Gasteiger partial charge >= 0.3 is 0 Å². The van der Waals surface area contributed by atoms with Gasteiger partial charge in [-0.1, -0.05) is 15.9 Å². The maximum Gasteiger partial charge on any atom is 0.167 e. The quantitative estimate of drug-likeness (QED) is 0.749. The Morgan fingerprint density at radius 2 is 1.89 bits per heavy atom. The van der Waals surface area contributed by atoms with E-state index in [1.807, 2.05) is 18.2 Å². The molecule has 0 bridgehead atoms. The van der Waals surface area contributed by atoms with E-state index < -0.39 is 5.82 Å². The zero-order chi connectivity index (χ0) is 14.0. The summed E-state index contributed by atoms with van der Waals surface area (Å²) >= 11 is 6.82. The average molecular weight is 390 g/mol. The van der Waals surface area contributed by atoms with Gasteiger partial charge < -0.3 is 15.8 Å². The van der Waals surface area contributed by atoms with Crippen molar-refractivity contribution in [3.8, 4) is 5.75 Å². The van der Waals surface area contributed by atoms with Crippen molar-refractivity contribution in [3.05, 3.63) is 45.1 Å². The highest BCUT2D eigenvalue weighted by atomic mass is 79.9. The van der Waals surface area contributed by atoms with Gasteiger partial charge in [0.15, 0.2) is 11.6 Å². The summed E-state index contributed by atoms with van der Waals surface area (Å²) in [5.41, 5.74) is 7.51. The minimum absolute atomic E-state index is 0.143. The van der Waals surface area contributed by atoms with E-state index >= 15 is 0 Å². The smallest absolute Gasteiger partial charge is 0.167 e. The zero-order valence-electron chi connectivity index (χ0n) is 10.0. The van der Waals surface area contributed by atoms with E-state index in [0.717, 1.165) is 14.6 Å². The lowest BCUT2D eigenvalue weighted by molar-refractivity contribution is 0.387. The summed E-state index contributed by atoms with van der Waals surface area (Å²) in [5.74, 6) is -0.342. The number of nitrogen functional groups attached to an aromatic ring is 1. The first kappa shape index (κ1) is 14.1. The Kier molecular flexibility index (Phi) is 4.31. The number of rotatable bonds is 3. The summed E-state index contributed by atoms with van der Waals surface area (Å²) in [5, 5.41) is 3.13. The molecule has 0 heterocycles. The minimum Gasteiger partial charge on any atom is -0.494 e. The van der Waals surface area contributed by atoms with Gasteiger partial charge in [0.05, 0.1) is 24.2 Å². The van der Waals surface area contributed by atoms with E-state index in [1.54, 1.807) is 0 Å². The maximum absolute atomic E-state index is 13.5. The van der Waals surface area contributed by atoms with E-state index in [-0.39, 0.29) is 5.75 Å². The highest BCUT2D eigenvalue weighted by Crippen LogP contribution is 2.33. The number of ether oxygens (including phenoxy) is 1. The normalized spacial score (nSPS) is 10.3. The third-order valence-electron chi connectivity index (χ3n) is 2.52. The van der Waals surface area contributed by atoms with Crippen LogP contribution in [-0.2, 0) is 0 Å². The van der Waals surface area contributed by atoms with Crippen LogP contribution in [0.5, 0.6) is 5.75 Å². The second-order valence-electron chi connectivity index (χ2n) is 3.82. The van der Waals surface area contributed by atoms with Crippen LogP contribution in [0, 0.1) is 5.82 Å². The van der Waals surface area contributed by atoms with Crippen LogP contribution in [-0.4, -0.2) is 7.11 Å². The van der Waals surface area contributed by atoms with Crippen LogP contribution in [0.15, 0.2) is 39.3 Å². The Morgan fingerprint density at radius 3 is 2.53 bits per heavy atom. The molecule has 3 N–H and O–H groups in total. The van der Waals surface area contributed by atoms with E-state index in [9.17, 15) is 4.39 Å². The predicted molar refractivity (Wildman–Crippen MR) is 82.5 cm³/mol. The highest BCUT2D eigenvalue weighted by Gasteiger charge is 2.09. The number of methoxy groups -OCH3 is 1. The minimum atomic E-state index is -0.486. The Bertz CT molecular complexity index is 620. The van der Waals surface area contributed by atoms with Crippen molar-refractivity contribution >= 4 is 48.9 Å². The average Bonchev–Trinajstić information content (AvgIpc) is 2.35. The Labute approximate surface area is 127 Å². The first-order chi connectivity index (χ1) is 9.01. The van der Waals surface area contributed by atoms with Gasteiger partial charge in [-0.25, -0.2) is 4.39 Å². The number of nitrogens with one attached hydrogen (secondary N) is 1. The maximum atomic E-state index is 13.5. The van der Waals surface area contributed by atoms with Crippen molar-refractivity contribution in [2.45, 2.75) is 0 Å². The molecule has 2 aromatic rings. The van der Waals surface area contributed by atoms with Crippen molar-refractivity contribution in [1.29, 1.82) is 0 Å². The summed E-state index contributed by atoms with van der Waals surface area (Å²) < 4.78 is 20.2. The van der Waals surface area contributed by atoms with Crippen LogP contribution in [0.1, 0.15) is 0 Å². The number of hydrogen-bond donors (Lipinski definition) is 2. The first-order valence-corrected chi connectivity index (χ1v) is 6.95. The molecular weight excluding hydrogens is 379 g/mol. The standard InChI is InChI=1S/C13H11Br2FN2O/c1-19-13-6-12(10(17)5-9(13)16)18-11-3-2-7(14)4-8(11)15/h2-6,18H,17H2,1H3. The molecule has 0 fully saturated rings. The van der Waals surface area contributed by atoms with Crippen LogP contribution in [0.3, 0.4) is 0 Å². The van der Waals surface area contributed by atoms with E-state index in [4.69, 9.17) is 10.5 Å². The lowest BCUT2D eigenvalue weighted by Gasteiger charge is -2.13. The van der Waals surface area contributed by atoms with Crippen LogP contribution in [0.4, 0.5) is 21.5 Å². The molecule has 0 aliphatic carbocycles. The molecule has 100 valence electrons. The van der Waals surface area contributed by atoms with E-state index in [0.29, 0.717) is 11.4 Å². The van der Waals surface area contributed by atoms with Gasteiger partial charge in [-0.15, -0.1) is 0 Å². The van der Waals surface area contributed by atoms with Gasteiger partial charge in [0, 0.05) is 21.1 Å². The monoisotopic (exact) mass is 388 g/mol. The van der Waals surface area contributed by atoms with Crippen LogP contribution >= 0.6 is 31.9 Å². The molecule has 0 unspecified atom stereocenters. The van der Waals surface area contributed by atoms with Crippen molar-refractivity contribution in [3.63, 3.8) is 0 Å². The van der Waals surface area contributed by atoms with Crippen molar-refractivity contribution < 1.29 is 9.13 Å². The largest absolute Gasteiger partial charge is 0.494 e. The second kappa shape index (κ2) is 5.79. The van der Waals surface area contributed by atoms with Crippen LogP contribution in [0.2, 0.25) is 0 Å². The van der Waals surface area contributed by atoms with E-state index in [2.05, 4.69) is 37.2 Å². The molecular formula is C13H11Br2FN2O. The fourth-order valence-corrected chi connectivity index (χ4v) is 2.72. The number of benzene rings is 2. The SMILES string of the molecule is COc1cc(Nc2ccc(Br)cc2Br)c(N)cc1F. The third kappa shape index (κ3) is 3.19. The summed E-state index contributed by atoms with van der Waals surface area (Å²) in [6.07, 6.45) is 0. The second-order valence-corrected chi connectivity index (χ2v) is 5.59. The molecule has 3 nitrogen and oxygen atoms in total. The number of hydrogen-bond acceptors (Lipinski definition) is 3. The Balaban J connectivity index is 2.37. The van der Waals surface area contributed by atoms with Crippen molar-refractivity contribution in [2.75, 3.05) is 18.2 Å². The Morgan fingerprint density at radius 1 is 1.16 bits per heavy atom. The van der Waals surface area contributed by atoms with Gasteiger partial charge in [0.25, 0.3) is 0 Å². The summed E-state index contributed by atoms with van der Waals surface area (Å²) in [6, 6.07) is 8.43. The lowest BCUT2D eigenvalue weighted by atomic mass is 10.2. The molecule has 0 amide bonds. The van der Waals surface area contributed by atoms with Crippen molar-refractivity contribution in [1.82, 2.24) is 0 Å². The number of anilines is 3. The van der Waals surface area contributed by atoms with Gasteiger partial charge in [0.2, 0.25) is 0 Å². The summed E-state index contributed by atoms with van der Waals surface area (Å²) in [4.78, 5) is 0. The fraction of sp³-hybridized carbons (Fsp3) is 0.0769. The number of halogens is 3. The number of nitrogens with two attached hydrogens (primary N) is 1.